The van der Waals surface area contributed by atoms with Gasteiger partial charge >= 0.3 is 6.03 Å². The number of aliphatic hydroxyl groups is 1. The lowest BCUT2D eigenvalue weighted by Gasteiger charge is -2.44. The van der Waals surface area contributed by atoms with E-state index in [9.17, 15) is 14.3 Å². The van der Waals surface area contributed by atoms with Crippen molar-refractivity contribution in [3.63, 3.8) is 0 Å². The molecule has 0 aromatic heterocycles. The summed E-state index contributed by atoms with van der Waals surface area (Å²) in [5.74, 6) is 0.555. The van der Waals surface area contributed by atoms with Crippen molar-refractivity contribution in [1.29, 1.82) is 0 Å². The number of hydrogen-bond acceptors (Lipinski definition) is 4. The van der Waals surface area contributed by atoms with Crippen molar-refractivity contribution in [3.8, 4) is 16.9 Å². The minimum absolute atomic E-state index is 0.0186. The number of methoxy groups -OCH3 is 1. The van der Waals surface area contributed by atoms with Crippen molar-refractivity contribution in [2.75, 3.05) is 37.5 Å². The number of nitrogens with zero attached hydrogens (tertiary/aromatic N) is 2. The fraction of sp³-hybridized carbons (Fsp3) is 0.296. The van der Waals surface area contributed by atoms with Gasteiger partial charge in [0.05, 0.1) is 25.8 Å². The summed E-state index contributed by atoms with van der Waals surface area (Å²) < 4.78 is 18.7. The second-order valence-corrected chi connectivity index (χ2v) is 8.89. The molecule has 34 heavy (non-hydrogen) atoms. The molecular weight excluding hydrogens is 433 g/mol. The van der Waals surface area contributed by atoms with Gasteiger partial charge in [-0.1, -0.05) is 18.2 Å². The second-order valence-electron chi connectivity index (χ2n) is 8.89. The van der Waals surface area contributed by atoms with Crippen LogP contribution in [0, 0.1) is 11.7 Å². The molecule has 2 amide bonds. The lowest BCUT2D eigenvalue weighted by Crippen LogP contribution is -2.48. The summed E-state index contributed by atoms with van der Waals surface area (Å²) in [4.78, 5) is 17.4. The normalized spacial score (nSPS) is 21.1. The maximum atomic E-state index is 13.5. The number of hydrogen-bond donors (Lipinski definition) is 2. The van der Waals surface area contributed by atoms with Gasteiger partial charge in [0, 0.05) is 30.9 Å². The molecule has 0 saturated carbocycles. The number of ether oxygens (including phenoxy) is 1. The number of amides is 2. The molecule has 1 saturated heterocycles. The molecule has 0 spiro atoms. The molecule has 0 unspecified atom stereocenters. The fourth-order valence-electron chi connectivity index (χ4n) is 5.37. The first-order valence-electron chi connectivity index (χ1n) is 11.5. The number of fused-ring (bicyclic) bond motifs is 3. The summed E-state index contributed by atoms with van der Waals surface area (Å²) in [6.45, 7) is 0.618. The van der Waals surface area contributed by atoms with E-state index in [1.165, 1.54) is 12.1 Å². The van der Waals surface area contributed by atoms with Crippen molar-refractivity contribution < 1.29 is 19.0 Å². The van der Waals surface area contributed by atoms with E-state index in [2.05, 4.69) is 16.3 Å². The van der Waals surface area contributed by atoms with Crippen LogP contribution in [0.1, 0.15) is 18.0 Å². The number of likely N-dealkylation sites (N-methyl/N-ethyl adjacent to an activating group) is 1. The topological polar surface area (TPSA) is 65.0 Å². The molecule has 1 fully saturated rings. The third kappa shape index (κ3) is 3.86. The van der Waals surface area contributed by atoms with Crippen molar-refractivity contribution in [2.45, 2.75) is 18.5 Å². The smallest absolute Gasteiger partial charge is 0.322 e. The SMILES string of the molecule is COc1ccc(NC(=O)N2CC[C@@H]3[C@@H](CO)N(C)c4ccc(-c5ccc(F)cc5)cc4[C@@H]32)cc1. The van der Waals surface area contributed by atoms with Crippen LogP contribution in [0.5, 0.6) is 5.75 Å². The van der Waals surface area contributed by atoms with Gasteiger partial charge in [-0.2, -0.15) is 0 Å². The Balaban J connectivity index is 1.50. The molecule has 2 heterocycles. The average Bonchev–Trinajstić information content (AvgIpc) is 3.30. The van der Waals surface area contributed by atoms with Gasteiger partial charge in [-0.25, -0.2) is 9.18 Å². The minimum atomic E-state index is -0.274. The van der Waals surface area contributed by atoms with E-state index in [4.69, 9.17) is 4.74 Å². The molecule has 5 rings (SSSR count). The molecule has 0 aliphatic carbocycles. The lowest BCUT2D eigenvalue weighted by molar-refractivity contribution is 0.168. The Morgan fingerprint density at radius 1 is 1.09 bits per heavy atom. The minimum Gasteiger partial charge on any atom is -0.497 e. The largest absolute Gasteiger partial charge is 0.497 e. The van der Waals surface area contributed by atoms with Crippen LogP contribution in [-0.4, -0.2) is 49.4 Å². The van der Waals surface area contributed by atoms with E-state index in [0.29, 0.717) is 12.2 Å². The lowest BCUT2D eigenvalue weighted by atomic mass is 9.81. The molecule has 2 N–H and O–H groups in total. The average molecular weight is 462 g/mol. The molecule has 3 aromatic carbocycles. The van der Waals surface area contributed by atoms with E-state index in [1.54, 1.807) is 19.2 Å². The van der Waals surface area contributed by atoms with Crippen LogP contribution < -0.4 is 15.0 Å². The highest BCUT2D eigenvalue weighted by molar-refractivity contribution is 5.90. The first kappa shape index (κ1) is 22.2. The summed E-state index contributed by atoms with van der Waals surface area (Å²) in [5.41, 5.74) is 4.62. The Bertz CT molecular complexity index is 1180. The number of nitrogens with one attached hydrogen (secondary N) is 1. The van der Waals surface area contributed by atoms with Crippen LogP contribution in [0.15, 0.2) is 66.7 Å². The van der Waals surface area contributed by atoms with Gasteiger partial charge in [-0.3, -0.25) is 0 Å². The summed E-state index contributed by atoms with van der Waals surface area (Å²) >= 11 is 0. The Kier molecular flexibility index (Phi) is 5.87. The molecule has 3 aromatic rings. The monoisotopic (exact) mass is 461 g/mol. The van der Waals surface area contributed by atoms with Gasteiger partial charge < -0.3 is 25.0 Å². The first-order chi connectivity index (χ1) is 16.5. The predicted molar refractivity (Wildman–Crippen MR) is 131 cm³/mol. The highest BCUT2D eigenvalue weighted by atomic mass is 19.1. The molecule has 176 valence electrons. The number of halogens is 1. The molecule has 0 radical (unpaired) electrons. The molecule has 2 aliphatic heterocycles. The number of likely N-dealkylation sites (tertiary alicyclic amines) is 1. The molecule has 0 bridgehead atoms. The van der Waals surface area contributed by atoms with Crippen molar-refractivity contribution in [3.05, 3.63) is 78.1 Å². The van der Waals surface area contributed by atoms with Crippen LogP contribution >= 0.6 is 0 Å². The van der Waals surface area contributed by atoms with Gasteiger partial charge in [0.1, 0.15) is 11.6 Å². The standard InChI is InChI=1S/C27H28FN3O3/c1-30-24-12-5-18(17-3-6-19(28)7-4-17)15-23(24)26-22(25(30)16-32)13-14-31(26)27(33)29-20-8-10-21(34-2)11-9-20/h3-12,15,22,25-26,32H,13-14,16H2,1-2H3,(H,29,33)/t22-,25-,26-/m1/s1. The van der Waals surface area contributed by atoms with Crippen LogP contribution in [-0.2, 0) is 0 Å². The van der Waals surface area contributed by atoms with Crippen LogP contribution in [0.25, 0.3) is 11.1 Å². The van der Waals surface area contributed by atoms with E-state index in [-0.39, 0.29) is 36.5 Å². The van der Waals surface area contributed by atoms with E-state index in [1.807, 2.05) is 48.3 Å². The number of carbonyl (C=O) groups excluding carboxylic acids is 1. The number of rotatable bonds is 4. The Hall–Kier alpha value is -3.58. The highest BCUT2D eigenvalue weighted by Gasteiger charge is 2.47. The molecule has 3 atom stereocenters. The summed E-state index contributed by atoms with van der Waals surface area (Å²) in [5, 5.41) is 13.2. The van der Waals surface area contributed by atoms with Gasteiger partial charge in [0.2, 0.25) is 0 Å². The number of carbonyl (C=O) groups is 1. The summed E-state index contributed by atoms with van der Waals surface area (Å²) in [6, 6.07) is 19.4. The van der Waals surface area contributed by atoms with Crippen LogP contribution in [0.2, 0.25) is 0 Å². The van der Waals surface area contributed by atoms with Crippen molar-refractivity contribution in [1.82, 2.24) is 4.90 Å². The second kappa shape index (κ2) is 8.99. The van der Waals surface area contributed by atoms with Crippen LogP contribution in [0.4, 0.5) is 20.6 Å². The number of benzene rings is 3. The number of urea groups is 1. The zero-order chi connectivity index (χ0) is 23.8. The number of aliphatic hydroxyl groups excluding tert-OH is 1. The summed E-state index contributed by atoms with van der Waals surface area (Å²) in [7, 11) is 3.60. The van der Waals surface area contributed by atoms with E-state index >= 15 is 0 Å². The quantitative estimate of drug-likeness (QED) is 0.580. The predicted octanol–water partition coefficient (Wildman–Crippen LogP) is 4.91. The third-order valence-corrected chi connectivity index (χ3v) is 7.13. The van der Waals surface area contributed by atoms with Crippen molar-refractivity contribution >= 4 is 17.4 Å². The third-order valence-electron chi connectivity index (χ3n) is 7.13. The highest BCUT2D eigenvalue weighted by Crippen LogP contribution is 2.49. The molecule has 6 nitrogen and oxygen atoms in total. The maximum absolute atomic E-state index is 13.5. The molecular formula is C27H28FN3O3. The molecule has 2 aliphatic rings. The van der Waals surface area contributed by atoms with Crippen LogP contribution in [0.3, 0.4) is 0 Å². The Morgan fingerprint density at radius 3 is 2.47 bits per heavy atom. The van der Waals surface area contributed by atoms with E-state index < -0.39 is 0 Å². The van der Waals surface area contributed by atoms with Gasteiger partial charge in [-0.15, -0.1) is 0 Å². The fourth-order valence-corrected chi connectivity index (χ4v) is 5.37. The zero-order valence-corrected chi connectivity index (χ0v) is 19.2. The van der Waals surface area contributed by atoms with Crippen molar-refractivity contribution in [2.24, 2.45) is 5.92 Å². The van der Waals surface area contributed by atoms with E-state index in [0.717, 1.165) is 34.5 Å². The Labute approximate surface area is 198 Å². The van der Waals surface area contributed by atoms with Gasteiger partial charge in [-0.05, 0) is 71.6 Å². The van der Waals surface area contributed by atoms with Gasteiger partial charge in [0.15, 0.2) is 0 Å². The maximum Gasteiger partial charge on any atom is 0.322 e. The summed E-state index contributed by atoms with van der Waals surface area (Å²) in [6.07, 6.45) is 0.802. The first-order valence-corrected chi connectivity index (χ1v) is 11.5. The molecule has 7 heteroatoms. The zero-order valence-electron chi connectivity index (χ0n) is 19.2. The Morgan fingerprint density at radius 2 is 1.79 bits per heavy atom. The number of anilines is 2. The van der Waals surface area contributed by atoms with Gasteiger partial charge in [0.25, 0.3) is 0 Å².